The van der Waals surface area contributed by atoms with Crippen LogP contribution in [0.2, 0.25) is 0 Å². The van der Waals surface area contributed by atoms with E-state index >= 15 is 0 Å². The van der Waals surface area contributed by atoms with Crippen LogP contribution in [0.25, 0.3) is 10.1 Å². The normalized spacial score (nSPS) is 10.9. The van der Waals surface area contributed by atoms with E-state index in [0.29, 0.717) is 11.3 Å². The summed E-state index contributed by atoms with van der Waals surface area (Å²) in [6.45, 7) is 0. The highest BCUT2D eigenvalue weighted by Crippen LogP contribution is 2.32. The molecule has 4 heteroatoms. The molecule has 0 bridgehead atoms. The third-order valence-electron chi connectivity index (χ3n) is 1.97. The molecule has 0 unspecified atom stereocenters. The second-order valence-electron chi connectivity index (χ2n) is 2.72. The molecule has 0 aliphatic carbocycles. The predicted octanol–water partition coefficient (Wildman–Crippen LogP) is 3.36. The second kappa shape index (κ2) is 3.16. The van der Waals surface area contributed by atoms with Gasteiger partial charge in [0.05, 0.1) is 16.3 Å². The van der Waals surface area contributed by atoms with Crippen LogP contribution in [0.4, 0.5) is 10.1 Å². The van der Waals surface area contributed by atoms with Crippen molar-refractivity contribution in [2.24, 2.45) is 0 Å². The van der Waals surface area contributed by atoms with Crippen molar-refractivity contribution in [1.29, 1.82) is 0 Å². The Morgan fingerprint density at radius 1 is 1.54 bits per heavy atom. The van der Waals surface area contributed by atoms with Gasteiger partial charge in [0, 0.05) is 5.56 Å². The molecule has 0 saturated heterocycles. The Labute approximate surface area is 83.9 Å². The summed E-state index contributed by atoms with van der Waals surface area (Å²) in [6, 6.07) is 3.32. The molecule has 0 aliphatic heterocycles. The predicted molar refractivity (Wildman–Crippen MR) is 55.8 cm³/mol. The van der Waals surface area contributed by atoms with Crippen LogP contribution in [-0.4, -0.2) is 0 Å². The first kappa shape index (κ1) is 8.78. The Morgan fingerprint density at radius 2 is 2.31 bits per heavy atom. The van der Waals surface area contributed by atoms with E-state index in [1.165, 1.54) is 17.4 Å². The van der Waals surface area contributed by atoms with Crippen LogP contribution in [0.1, 0.15) is 5.56 Å². The molecule has 0 spiro atoms. The Kier molecular flexibility index (Phi) is 2.14. The van der Waals surface area contributed by atoms with Gasteiger partial charge in [-0.15, -0.1) is 22.9 Å². The fourth-order valence-electron chi connectivity index (χ4n) is 1.28. The highest BCUT2D eigenvalue weighted by atomic mass is 35.5. The summed E-state index contributed by atoms with van der Waals surface area (Å²) in [5, 5.41) is 2.73. The molecule has 0 radical (unpaired) electrons. The SMILES string of the molecule is Nc1c(CCl)c(F)cc2ccsc12. The molecule has 68 valence electrons. The van der Waals surface area contributed by atoms with Crippen LogP contribution < -0.4 is 5.73 Å². The fraction of sp³-hybridized carbons (Fsp3) is 0.111. The summed E-state index contributed by atoms with van der Waals surface area (Å²) in [7, 11) is 0. The molecular formula is C9H7ClFNS. The second-order valence-corrected chi connectivity index (χ2v) is 3.91. The van der Waals surface area contributed by atoms with Gasteiger partial charge in [0.15, 0.2) is 0 Å². The number of benzene rings is 1. The summed E-state index contributed by atoms with van der Waals surface area (Å²) < 4.78 is 14.2. The van der Waals surface area contributed by atoms with Crippen molar-refractivity contribution in [2.75, 3.05) is 5.73 Å². The topological polar surface area (TPSA) is 26.0 Å². The maximum absolute atomic E-state index is 13.3. The van der Waals surface area contributed by atoms with E-state index in [2.05, 4.69) is 0 Å². The van der Waals surface area contributed by atoms with Crippen molar-refractivity contribution in [1.82, 2.24) is 0 Å². The summed E-state index contributed by atoms with van der Waals surface area (Å²) in [5.74, 6) is -0.204. The number of halogens is 2. The van der Waals surface area contributed by atoms with E-state index in [4.69, 9.17) is 17.3 Å². The average molecular weight is 216 g/mol. The van der Waals surface area contributed by atoms with Crippen LogP contribution in [0, 0.1) is 5.82 Å². The first-order valence-corrected chi connectivity index (χ1v) is 5.15. The molecule has 0 aliphatic rings. The van der Waals surface area contributed by atoms with E-state index in [1.54, 1.807) is 0 Å². The lowest BCUT2D eigenvalue weighted by atomic mass is 10.1. The van der Waals surface area contributed by atoms with Crippen LogP contribution >= 0.6 is 22.9 Å². The Balaban J connectivity index is 2.85. The van der Waals surface area contributed by atoms with Crippen molar-refractivity contribution in [3.05, 3.63) is 28.9 Å². The van der Waals surface area contributed by atoms with E-state index in [1.807, 2.05) is 11.4 Å². The van der Waals surface area contributed by atoms with Crippen molar-refractivity contribution >= 4 is 38.7 Å². The van der Waals surface area contributed by atoms with E-state index in [-0.39, 0.29) is 11.7 Å². The molecule has 0 amide bonds. The highest BCUT2D eigenvalue weighted by molar-refractivity contribution is 7.17. The van der Waals surface area contributed by atoms with Gasteiger partial charge in [-0.3, -0.25) is 0 Å². The molecule has 1 aromatic heterocycles. The molecule has 1 aromatic carbocycles. The van der Waals surface area contributed by atoms with Gasteiger partial charge < -0.3 is 5.73 Å². The van der Waals surface area contributed by atoms with E-state index < -0.39 is 0 Å². The summed E-state index contributed by atoms with van der Waals surface area (Å²) in [6.07, 6.45) is 0. The van der Waals surface area contributed by atoms with Crippen molar-refractivity contribution < 1.29 is 4.39 Å². The number of anilines is 1. The number of rotatable bonds is 1. The highest BCUT2D eigenvalue weighted by Gasteiger charge is 2.10. The van der Waals surface area contributed by atoms with Crippen LogP contribution in [-0.2, 0) is 5.88 Å². The van der Waals surface area contributed by atoms with Gasteiger partial charge >= 0.3 is 0 Å². The summed E-state index contributed by atoms with van der Waals surface area (Å²) >= 11 is 7.09. The van der Waals surface area contributed by atoms with Crippen molar-refractivity contribution in [3.8, 4) is 0 Å². The van der Waals surface area contributed by atoms with Gasteiger partial charge in [0.1, 0.15) is 5.82 Å². The maximum Gasteiger partial charge on any atom is 0.130 e. The molecule has 13 heavy (non-hydrogen) atoms. The monoisotopic (exact) mass is 215 g/mol. The number of hydrogen-bond donors (Lipinski definition) is 1. The van der Waals surface area contributed by atoms with Gasteiger partial charge in [0.25, 0.3) is 0 Å². The van der Waals surface area contributed by atoms with Crippen molar-refractivity contribution in [3.63, 3.8) is 0 Å². The standard InChI is InChI=1S/C9H7ClFNS/c10-4-6-7(11)3-5-1-2-13-9(5)8(6)12/h1-3H,4,12H2. The van der Waals surface area contributed by atoms with Gasteiger partial charge in [-0.25, -0.2) is 4.39 Å². The largest absolute Gasteiger partial charge is 0.397 e. The number of nitrogen functional groups attached to an aromatic ring is 1. The number of fused-ring (bicyclic) bond motifs is 1. The molecule has 2 rings (SSSR count). The van der Waals surface area contributed by atoms with E-state index in [9.17, 15) is 4.39 Å². The number of alkyl halides is 1. The van der Waals surface area contributed by atoms with Gasteiger partial charge in [-0.05, 0) is 22.9 Å². The molecule has 0 atom stereocenters. The Bertz CT molecular complexity index is 452. The molecule has 1 nitrogen and oxygen atoms in total. The van der Waals surface area contributed by atoms with Crippen LogP contribution in [0.15, 0.2) is 17.5 Å². The maximum atomic E-state index is 13.3. The van der Waals surface area contributed by atoms with Crippen LogP contribution in [0.5, 0.6) is 0 Å². The summed E-state index contributed by atoms with van der Waals surface area (Å²) in [4.78, 5) is 0. The third kappa shape index (κ3) is 1.28. The number of hydrogen-bond acceptors (Lipinski definition) is 2. The lowest BCUT2D eigenvalue weighted by Crippen LogP contribution is -1.95. The average Bonchev–Trinajstić information content (AvgIpc) is 2.53. The molecule has 0 fully saturated rings. The summed E-state index contributed by atoms with van der Waals surface area (Å²) in [5.41, 5.74) is 6.63. The lowest BCUT2D eigenvalue weighted by Gasteiger charge is -2.04. The first-order chi connectivity index (χ1) is 6.24. The number of nitrogens with two attached hydrogens (primary N) is 1. The van der Waals surface area contributed by atoms with Gasteiger partial charge in [-0.1, -0.05) is 0 Å². The zero-order valence-electron chi connectivity index (χ0n) is 6.68. The molecule has 2 aromatic rings. The van der Waals surface area contributed by atoms with Gasteiger partial charge in [0.2, 0.25) is 0 Å². The minimum atomic E-state index is -0.321. The van der Waals surface area contributed by atoms with E-state index in [0.717, 1.165) is 10.1 Å². The Hall–Kier alpha value is -0.800. The molecule has 0 saturated carbocycles. The van der Waals surface area contributed by atoms with Crippen molar-refractivity contribution in [2.45, 2.75) is 5.88 Å². The lowest BCUT2D eigenvalue weighted by molar-refractivity contribution is 0.620. The number of thiophene rings is 1. The quantitative estimate of drug-likeness (QED) is 0.573. The molecular weight excluding hydrogens is 209 g/mol. The third-order valence-corrected chi connectivity index (χ3v) is 3.20. The zero-order chi connectivity index (χ0) is 9.42. The Morgan fingerprint density at radius 3 is 3.00 bits per heavy atom. The smallest absolute Gasteiger partial charge is 0.130 e. The van der Waals surface area contributed by atoms with Crippen LogP contribution in [0.3, 0.4) is 0 Å². The fourth-order valence-corrected chi connectivity index (χ4v) is 2.41. The first-order valence-electron chi connectivity index (χ1n) is 3.74. The molecule has 2 N–H and O–H groups in total. The zero-order valence-corrected chi connectivity index (χ0v) is 8.25. The minimum absolute atomic E-state index is 0.117. The minimum Gasteiger partial charge on any atom is -0.397 e. The molecule has 1 heterocycles. The van der Waals surface area contributed by atoms with Gasteiger partial charge in [-0.2, -0.15) is 0 Å².